The summed E-state index contributed by atoms with van der Waals surface area (Å²) >= 11 is 0. The van der Waals surface area contributed by atoms with E-state index < -0.39 is 22.1 Å². The van der Waals surface area contributed by atoms with Crippen molar-refractivity contribution in [2.45, 2.75) is 33.2 Å². The maximum Gasteiger partial charge on any atom is 0.307 e. The second-order valence-electron chi connectivity index (χ2n) is 5.65. The number of carboxylic acid groups (broad SMARTS) is 2. The number of aryl methyl sites for hydroxylation is 1. The Morgan fingerprint density at radius 2 is 2.12 bits per heavy atom. The normalized spacial score (nSPS) is 18.2. The third kappa shape index (κ3) is 6.11. The molecule has 2 rings (SSSR count). The summed E-state index contributed by atoms with van der Waals surface area (Å²) in [6, 6.07) is 0. The van der Waals surface area contributed by atoms with Gasteiger partial charge in [-0.25, -0.2) is 9.71 Å². The number of nitrogens with one attached hydrogen (secondary N) is 1. The Morgan fingerprint density at radius 1 is 1.48 bits per heavy atom. The van der Waals surface area contributed by atoms with Crippen molar-refractivity contribution >= 4 is 22.7 Å². The summed E-state index contributed by atoms with van der Waals surface area (Å²) < 4.78 is 30.1. The van der Waals surface area contributed by atoms with Gasteiger partial charge >= 0.3 is 5.97 Å². The Kier molecular flexibility index (Phi) is 8.00. The van der Waals surface area contributed by atoms with Gasteiger partial charge in [0.2, 0.25) is 0 Å². The molecule has 11 heteroatoms. The first kappa shape index (κ1) is 21.1. The number of hydrogen-bond donors (Lipinski definition) is 3. The minimum absolute atomic E-state index is 0.0356. The number of hydrogen-bond acceptors (Lipinski definition) is 5. The van der Waals surface area contributed by atoms with Crippen LogP contribution in [0.4, 0.5) is 0 Å². The number of nitrogens with zero attached hydrogens (tertiary/aromatic N) is 3. The van der Waals surface area contributed by atoms with Crippen LogP contribution in [-0.4, -0.2) is 64.6 Å². The van der Waals surface area contributed by atoms with Crippen LogP contribution in [0.15, 0.2) is 6.33 Å². The second-order valence-corrected chi connectivity index (χ2v) is 7.40. The van der Waals surface area contributed by atoms with E-state index >= 15 is 0 Å². The average Bonchev–Trinajstić information content (AvgIpc) is 2.88. The third-order valence-corrected chi connectivity index (χ3v) is 5.64. The largest absolute Gasteiger partial charge is 0.483 e. The van der Waals surface area contributed by atoms with Crippen LogP contribution in [0.2, 0.25) is 0 Å². The Balaban J connectivity index is 0.000000970. The van der Waals surface area contributed by atoms with Gasteiger partial charge in [0.15, 0.2) is 0 Å². The Labute approximate surface area is 146 Å². The predicted octanol–water partition coefficient (Wildman–Crippen LogP) is -0.168. The van der Waals surface area contributed by atoms with E-state index in [1.54, 1.807) is 6.33 Å². The molecule has 10 nitrogen and oxygen atoms in total. The van der Waals surface area contributed by atoms with Gasteiger partial charge in [0.25, 0.3) is 16.7 Å². The Hall–Kier alpha value is -1.98. The zero-order valence-corrected chi connectivity index (χ0v) is 15.1. The molecule has 2 heterocycles. The highest BCUT2D eigenvalue weighted by Crippen LogP contribution is 2.18. The molecule has 0 amide bonds. The van der Waals surface area contributed by atoms with Gasteiger partial charge in [-0.2, -0.15) is 12.7 Å². The molecule has 0 aromatic carbocycles. The van der Waals surface area contributed by atoms with Crippen molar-refractivity contribution in [3.8, 4) is 0 Å². The van der Waals surface area contributed by atoms with Crippen LogP contribution in [0, 0.1) is 19.8 Å². The van der Waals surface area contributed by atoms with E-state index in [-0.39, 0.29) is 19.6 Å². The average molecular weight is 376 g/mol. The molecule has 1 aliphatic heterocycles. The molecule has 1 atom stereocenters. The topological polar surface area (TPSA) is 142 Å². The maximum atomic E-state index is 12.2. The lowest BCUT2D eigenvalue weighted by Gasteiger charge is -2.29. The van der Waals surface area contributed by atoms with Gasteiger partial charge in [-0.05, 0) is 26.7 Å². The fourth-order valence-electron chi connectivity index (χ4n) is 2.52. The van der Waals surface area contributed by atoms with Crippen LogP contribution in [0.5, 0.6) is 0 Å². The molecular formula is C14H24N4O6S. The highest BCUT2D eigenvalue weighted by molar-refractivity contribution is 7.87. The number of rotatable bonds is 6. The van der Waals surface area contributed by atoms with Gasteiger partial charge < -0.3 is 14.8 Å². The summed E-state index contributed by atoms with van der Waals surface area (Å²) in [5, 5.41) is 15.9. The summed E-state index contributed by atoms with van der Waals surface area (Å²) in [6.45, 7) is 4.71. The molecule has 3 N–H and O–H groups in total. The monoisotopic (exact) mass is 376 g/mol. The van der Waals surface area contributed by atoms with Crippen molar-refractivity contribution in [3.63, 3.8) is 0 Å². The quantitative estimate of drug-likeness (QED) is 0.585. The van der Waals surface area contributed by atoms with Crippen molar-refractivity contribution in [1.29, 1.82) is 0 Å². The van der Waals surface area contributed by atoms with Crippen LogP contribution >= 0.6 is 0 Å². The first-order valence-corrected chi connectivity index (χ1v) is 9.20. The van der Waals surface area contributed by atoms with Crippen LogP contribution in [0.25, 0.3) is 0 Å². The fourth-order valence-corrected chi connectivity index (χ4v) is 3.80. The van der Waals surface area contributed by atoms with Crippen LogP contribution in [0.1, 0.15) is 24.2 Å². The molecule has 1 aromatic heterocycles. The second kappa shape index (κ2) is 9.49. The molecule has 0 radical (unpaired) electrons. The summed E-state index contributed by atoms with van der Waals surface area (Å²) in [4.78, 5) is 23.5. The Morgan fingerprint density at radius 3 is 2.64 bits per heavy atom. The molecule has 0 saturated carbocycles. The van der Waals surface area contributed by atoms with Gasteiger partial charge in [-0.15, -0.1) is 0 Å². The number of piperidine rings is 1. The number of aliphatic carboxylic acids is 1. The van der Waals surface area contributed by atoms with Crippen molar-refractivity contribution in [2.24, 2.45) is 5.92 Å². The van der Waals surface area contributed by atoms with E-state index in [0.717, 1.165) is 11.4 Å². The van der Waals surface area contributed by atoms with Crippen LogP contribution < -0.4 is 4.72 Å². The SMILES string of the molecule is Cc1ncn(CCNS(=O)(=O)N2CCCC(C(=O)O)C2)c1C.O=CO. The lowest BCUT2D eigenvalue weighted by atomic mass is 10.0. The molecule has 0 bridgehead atoms. The number of imidazole rings is 1. The molecule has 0 spiro atoms. The van der Waals surface area contributed by atoms with Gasteiger partial charge in [-0.3, -0.25) is 9.59 Å². The summed E-state index contributed by atoms with van der Waals surface area (Å²) in [6.07, 6.45) is 2.77. The van der Waals surface area contributed by atoms with E-state index in [0.29, 0.717) is 25.9 Å². The summed E-state index contributed by atoms with van der Waals surface area (Å²) in [5.74, 6) is -1.56. The molecule has 0 aliphatic carbocycles. The van der Waals surface area contributed by atoms with Crippen LogP contribution in [-0.2, 0) is 26.3 Å². The van der Waals surface area contributed by atoms with Gasteiger partial charge in [0, 0.05) is 31.9 Å². The number of carboxylic acids is 1. The molecule has 1 aromatic rings. The number of carbonyl (C=O) groups is 2. The maximum absolute atomic E-state index is 12.2. The first-order chi connectivity index (χ1) is 11.7. The summed E-state index contributed by atoms with van der Waals surface area (Å²) in [7, 11) is -3.64. The number of aromatic nitrogens is 2. The predicted molar refractivity (Wildman–Crippen MR) is 89.2 cm³/mol. The van der Waals surface area contributed by atoms with E-state index in [4.69, 9.17) is 15.0 Å². The van der Waals surface area contributed by atoms with Crippen molar-refractivity contribution in [2.75, 3.05) is 19.6 Å². The van der Waals surface area contributed by atoms with E-state index in [2.05, 4.69) is 9.71 Å². The van der Waals surface area contributed by atoms with Crippen molar-refractivity contribution < 1.29 is 28.2 Å². The molecule has 25 heavy (non-hydrogen) atoms. The zero-order valence-electron chi connectivity index (χ0n) is 14.3. The van der Waals surface area contributed by atoms with Crippen molar-refractivity contribution in [1.82, 2.24) is 18.6 Å². The third-order valence-electron chi connectivity index (χ3n) is 4.06. The first-order valence-electron chi connectivity index (χ1n) is 7.76. The van der Waals surface area contributed by atoms with E-state index in [9.17, 15) is 13.2 Å². The van der Waals surface area contributed by atoms with Crippen molar-refractivity contribution in [3.05, 3.63) is 17.7 Å². The molecular weight excluding hydrogens is 352 g/mol. The molecule has 1 fully saturated rings. The minimum atomic E-state index is -3.64. The molecule has 142 valence electrons. The smallest absolute Gasteiger partial charge is 0.307 e. The fraction of sp³-hybridized carbons (Fsp3) is 0.643. The highest BCUT2D eigenvalue weighted by atomic mass is 32.2. The lowest BCUT2D eigenvalue weighted by molar-refractivity contribution is -0.142. The van der Waals surface area contributed by atoms with Gasteiger partial charge in [0.1, 0.15) is 0 Å². The lowest BCUT2D eigenvalue weighted by Crippen LogP contribution is -2.48. The van der Waals surface area contributed by atoms with Crippen LogP contribution in [0.3, 0.4) is 0 Å². The van der Waals surface area contributed by atoms with Gasteiger partial charge in [0.05, 0.1) is 17.9 Å². The molecule has 1 saturated heterocycles. The standard InChI is InChI=1S/C13H22N4O4S.CH2O2/c1-10-11(2)16(9-14-10)7-5-15-22(20,21)17-6-3-4-12(8-17)13(18)19;2-1-3/h9,12,15H,3-8H2,1-2H3,(H,18,19);1H,(H,2,3). The van der Waals surface area contributed by atoms with Gasteiger partial charge in [-0.1, -0.05) is 0 Å². The highest BCUT2D eigenvalue weighted by Gasteiger charge is 2.31. The molecule has 1 aliphatic rings. The van der Waals surface area contributed by atoms with E-state index in [1.165, 1.54) is 4.31 Å². The summed E-state index contributed by atoms with van der Waals surface area (Å²) in [5.41, 5.74) is 1.92. The molecule has 1 unspecified atom stereocenters. The van der Waals surface area contributed by atoms with E-state index in [1.807, 2.05) is 18.4 Å². The minimum Gasteiger partial charge on any atom is -0.483 e. The zero-order chi connectivity index (χ0) is 19.0. The Bertz CT molecular complexity index is 687.